The highest BCUT2D eigenvalue weighted by Gasteiger charge is 2.17. The third kappa shape index (κ3) is 2.60. The average molecular weight is 189 g/mol. The van der Waals surface area contributed by atoms with E-state index in [4.69, 9.17) is 0 Å². The minimum Gasteiger partial charge on any atom is -0.0646 e. The van der Waals surface area contributed by atoms with Gasteiger partial charge in [-0.3, -0.25) is 0 Å². The van der Waals surface area contributed by atoms with Crippen LogP contribution in [0.5, 0.6) is 0 Å². The molecule has 0 heteroatoms. The zero-order valence-corrected chi connectivity index (χ0v) is 9.80. The van der Waals surface area contributed by atoms with E-state index in [0.29, 0.717) is 5.41 Å². The molecule has 0 N–H and O–H groups in total. The van der Waals surface area contributed by atoms with Crippen molar-refractivity contribution < 1.29 is 0 Å². The third-order valence-corrected chi connectivity index (χ3v) is 3.06. The van der Waals surface area contributed by atoms with Gasteiger partial charge in [0.05, 0.1) is 0 Å². The van der Waals surface area contributed by atoms with Crippen molar-refractivity contribution in [1.29, 1.82) is 0 Å². The maximum atomic E-state index is 2.30. The molecule has 1 radical (unpaired) electrons. The summed E-state index contributed by atoms with van der Waals surface area (Å²) < 4.78 is 0. The molecule has 0 aliphatic carbocycles. The van der Waals surface area contributed by atoms with E-state index in [0.717, 1.165) is 6.42 Å². The van der Waals surface area contributed by atoms with Crippen molar-refractivity contribution in [1.82, 2.24) is 0 Å². The summed E-state index contributed by atoms with van der Waals surface area (Å²) >= 11 is 0. The lowest BCUT2D eigenvalue weighted by molar-refractivity contribution is 0.506. The Morgan fingerprint density at radius 3 is 2.14 bits per heavy atom. The molecule has 0 saturated heterocycles. The van der Waals surface area contributed by atoms with Crippen LogP contribution in [0.25, 0.3) is 0 Å². The van der Waals surface area contributed by atoms with Crippen molar-refractivity contribution >= 4 is 0 Å². The topological polar surface area (TPSA) is 0 Å². The largest absolute Gasteiger partial charge is 0.0646 e. The second-order valence-electron chi connectivity index (χ2n) is 4.55. The second kappa shape index (κ2) is 4.63. The van der Waals surface area contributed by atoms with Crippen LogP contribution >= 0.6 is 0 Å². The molecule has 0 nitrogen and oxygen atoms in total. The predicted molar refractivity (Wildman–Crippen MR) is 63.4 cm³/mol. The molecule has 0 heterocycles. The molecule has 0 amide bonds. The van der Waals surface area contributed by atoms with Gasteiger partial charge >= 0.3 is 0 Å². The zero-order valence-electron chi connectivity index (χ0n) is 9.80. The summed E-state index contributed by atoms with van der Waals surface area (Å²) in [5.41, 5.74) is 3.16. The van der Waals surface area contributed by atoms with Crippen LogP contribution in [0.3, 0.4) is 0 Å². The van der Waals surface area contributed by atoms with Gasteiger partial charge in [0.15, 0.2) is 0 Å². The first kappa shape index (κ1) is 11.3. The van der Waals surface area contributed by atoms with Gasteiger partial charge in [0, 0.05) is 0 Å². The fourth-order valence-corrected chi connectivity index (χ4v) is 1.53. The first-order valence-corrected chi connectivity index (χ1v) is 5.47. The number of hydrogen-bond donors (Lipinski definition) is 0. The van der Waals surface area contributed by atoms with Crippen LogP contribution in [0.15, 0.2) is 24.3 Å². The van der Waals surface area contributed by atoms with Crippen molar-refractivity contribution in [3.8, 4) is 0 Å². The Kier molecular flexibility index (Phi) is 3.74. The molecule has 14 heavy (non-hydrogen) atoms. The molecule has 0 saturated carbocycles. The third-order valence-electron chi connectivity index (χ3n) is 3.06. The van der Waals surface area contributed by atoms with Crippen molar-refractivity contribution in [3.05, 3.63) is 41.8 Å². The van der Waals surface area contributed by atoms with Crippen molar-refractivity contribution in [3.63, 3.8) is 0 Å². The fourth-order valence-electron chi connectivity index (χ4n) is 1.53. The van der Waals surface area contributed by atoms with E-state index in [1.165, 1.54) is 17.5 Å². The van der Waals surface area contributed by atoms with Crippen LogP contribution in [0.4, 0.5) is 0 Å². The SMILES string of the molecule is C[CH]Cc1ccc(C(C)(C)CC)cc1. The van der Waals surface area contributed by atoms with E-state index in [1.807, 2.05) is 0 Å². The summed E-state index contributed by atoms with van der Waals surface area (Å²) in [4.78, 5) is 0. The van der Waals surface area contributed by atoms with E-state index < -0.39 is 0 Å². The van der Waals surface area contributed by atoms with Gasteiger partial charge in [-0.15, -0.1) is 0 Å². The van der Waals surface area contributed by atoms with E-state index in [1.54, 1.807) is 0 Å². The van der Waals surface area contributed by atoms with Gasteiger partial charge in [0.2, 0.25) is 0 Å². The van der Waals surface area contributed by atoms with Gasteiger partial charge in [-0.05, 0) is 35.8 Å². The summed E-state index contributed by atoms with van der Waals surface area (Å²) in [6.45, 7) is 8.94. The van der Waals surface area contributed by atoms with Gasteiger partial charge < -0.3 is 0 Å². The normalized spacial score (nSPS) is 11.7. The molecule has 1 rings (SSSR count). The number of benzene rings is 1. The highest BCUT2D eigenvalue weighted by molar-refractivity contribution is 5.28. The lowest BCUT2D eigenvalue weighted by Crippen LogP contribution is -2.15. The highest BCUT2D eigenvalue weighted by atomic mass is 14.2. The second-order valence-corrected chi connectivity index (χ2v) is 4.55. The van der Waals surface area contributed by atoms with Crippen LogP contribution < -0.4 is 0 Å². The van der Waals surface area contributed by atoms with Crippen LogP contribution in [-0.4, -0.2) is 0 Å². The van der Waals surface area contributed by atoms with Gasteiger partial charge in [-0.2, -0.15) is 0 Å². The Morgan fingerprint density at radius 2 is 1.71 bits per heavy atom. The fraction of sp³-hybridized carbons (Fsp3) is 0.500. The van der Waals surface area contributed by atoms with E-state index in [9.17, 15) is 0 Å². The molecule has 0 aliphatic rings. The van der Waals surface area contributed by atoms with Gasteiger partial charge in [0.1, 0.15) is 0 Å². The maximum Gasteiger partial charge on any atom is -0.0106 e. The zero-order chi connectivity index (χ0) is 10.6. The summed E-state index contributed by atoms with van der Waals surface area (Å²) in [6, 6.07) is 9.02. The molecule has 0 unspecified atom stereocenters. The Bertz CT molecular complexity index is 267. The quantitative estimate of drug-likeness (QED) is 0.667. The minimum atomic E-state index is 0.314. The lowest BCUT2D eigenvalue weighted by Gasteiger charge is -2.23. The Balaban J connectivity index is 2.82. The van der Waals surface area contributed by atoms with Crippen LogP contribution in [-0.2, 0) is 11.8 Å². The first-order chi connectivity index (χ1) is 6.60. The summed E-state index contributed by atoms with van der Waals surface area (Å²) in [7, 11) is 0. The van der Waals surface area contributed by atoms with Crippen LogP contribution in [0.2, 0.25) is 0 Å². The number of rotatable bonds is 4. The predicted octanol–water partition coefficient (Wildman–Crippen LogP) is 4.14. The number of hydrogen-bond acceptors (Lipinski definition) is 0. The molecule has 1 aromatic carbocycles. The molecular formula is C14H21. The van der Waals surface area contributed by atoms with Crippen molar-refractivity contribution in [2.45, 2.75) is 46.0 Å². The average Bonchev–Trinajstić information content (AvgIpc) is 2.19. The minimum absolute atomic E-state index is 0.314. The summed E-state index contributed by atoms with van der Waals surface area (Å²) in [5, 5.41) is 0. The molecule has 0 fully saturated rings. The molecule has 77 valence electrons. The summed E-state index contributed by atoms with van der Waals surface area (Å²) in [5.74, 6) is 0. The molecule has 0 bridgehead atoms. The standard InChI is InChI=1S/C14H21/c1-5-7-12-8-10-13(11-9-12)14(3,4)6-2/h5,8-11H,6-7H2,1-4H3. The summed E-state index contributed by atoms with van der Waals surface area (Å²) in [6.07, 6.45) is 4.46. The molecule has 0 aliphatic heterocycles. The van der Waals surface area contributed by atoms with Crippen LogP contribution in [0, 0.1) is 6.42 Å². The van der Waals surface area contributed by atoms with Crippen LogP contribution in [0.1, 0.15) is 45.2 Å². The van der Waals surface area contributed by atoms with Crippen molar-refractivity contribution in [2.24, 2.45) is 0 Å². The first-order valence-electron chi connectivity index (χ1n) is 5.47. The maximum absolute atomic E-state index is 2.30. The van der Waals surface area contributed by atoms with Gasteiger partial charge in [-0.25, -0.2) is 0 Å². The Labute approximate surface area is 88.4 Å². The molecule has 0 aromatic heterocycles. The lowest BCUT2D eigenvalue weighted by atomic mass is 9.82. The van der Waals surface area contributed by atoms with Gasteiger partial charge in [-0.1, -0.05) is 52.0 Å². The van der Waals surface area contributed by atoms with Gasteiger partial charge in [0.25, 0.3) is 0 Å². The van der Waals surface area contributed by atoms with E-state index >= 15 is 0 Å². The molecular weight excluding hydrogens is 168 g/mol. The molecule has 0 atom stereocenters. The smallest absolute Gasteiger partial charge is 0.0106 e. The molecule has 1 aromatic rings. The monoisotopic (exact) mass is 189 g/mol. The van der Waals surface area contributed by atoms with E-state index in [-0.39, 0.29) is 0 Å². The molecule has 0 spiro atoms. The van der Waals surface area contributed by atoms with Crippen molar-refractivity contribution in [2.75, 3.05) is 0 Å². The Morgan fingerprint density at radius 1 is 1.14 bits per heavy atom. The van der Waals surface area contributed by atoms with E-state index in [2.05, 4.69) is 58.4 Å². The Hall–Kier alpha value is -0.780. The highest BCUT2D eigenvalue weighted by Crippen LogP contribution is 2.26.